The molecular weight excluding hydrogens is 258 g/mol. The summed E-state index contributed by atoms with van der Waals surface area (Å²) in [6, 6.07) is 22.7. The highest BCUT2D eigenvalue weighted by molar-refractivity contribution is 6.03. The molecule has 4 rings (SSSR count). The van der Waals surface area contributed by atoms with Gasteiger partial charge in [0.15, 0.2) is 0 Å². The maximum atomic E-state index is 3.42. The van der Waals surface area contributed by atoms with Crippen LogP contribution < -0.4 is 16.2 Å². The molecule has 0 amide bonds. The van der Waals surface area contributed by atoms with Crippen molar-refractivity contribution in [1.29, 1.82) is 0 Å². The summed E-state index contributed by atoms with van der Waals surface area (Å²) in [6.07, 6.45) is 2.12. The standard InChI is InChI=1S/C18H15N3/c1-2-9-15(10-3-1)20-21-17-12-14-8-4-6-13-7-5-11-16(19-17)18(13)14/h1-12,19-21H. The van der Waals surface area contributed by atoms with Crippen LogP contribution in [0.15, 0.2) is 72.6 Å². The number of nitrogens with one attached hydrogen (secondary N) is 3. The molecule has 0 saturated carbocycles. The van der Waals surface area contributed by atoms with Crippen molar-refractivity contribution in [3.05, 3.63) is 78.1 Å². The maximum absolute atomic E-state index is 3.42. The Kier molecular flexibility index (Phi) is 2.75. The molecule has 0 unspecified atom stereocenters. The fourth-order valence-corrected chi connectivity index (χ4v) is 2.66. The Bertz CT molecular complexity index is 817. The molecule has 0 atom stereocenters. The molecule has 0 aliphatic carbocycles. The van der Waals surface area contributed by atoms with Crippen LogP contribution in [0.1, 0.15) is 5.56 Å². The number of hydrazine groups is 1. The summed E-state index contributed by atoms with van der Waals surface area (Å²) in [5.74, 6) is 0.935. The van der Waals surface area contributed by atoms with Crippen molar-refractivity contribution in [3.63, 3.8) is 0 Å². The first-order chi connectivity index (χ1) is 10.4. The highest BCUT2D eigenvalue weighted by Crippen LogP contribution is 2.32. The van der Waals surface area contributed by atoms with Crippen molar-refractivity contribution < 1.29 is 0 Å². The number of hydrogen-bond donors (Lipinski definition) is 3. The Morgan fingerprint density at radius 2 is 1.52 bits per heavy atom. The van der Waals surface area contributed by atoms with Crippen LogP contribution in [-0.2, 0) is 0 Å². The van der Waals surface area contributed by atoms with Crippen molar-refractivity contribution in [2.75, 3.05) is 10.7 Å². The van der Waals surface area contributed by atoms with E-state index in [0.717, 1.165) is 17.2 Å². The van der Waals surface area contributed by atoms with E-state index < -0.39 is 0 Å². The number of hydrogen-bond acceptors (Lipinski definition) is 3. The van der Waals surface area contributed by atoms with Crippen molar-refractivity contribution >= 4 is 28.2 Å². The lowest BCUT2D eigenvalue weighted by Gasteiger charge is -2.21. The third-order valence-corrected chi connectivity index (χ3v) is 3.62. The van der Waals surface area contributed by atoms with Gasteiger partial charge in [-0.1, -0.05) is 48.5 Å². The summed E-state index contributed by atoms with van der Waals surface area (Å²) < 4.78 is 0. The largest absolute Gasteiger partial charge is 0.340 e. The van der Waals surface area contributed by atoms with Crippen molar-refractivity contribution in [2.45, 2.75) is 0 Å². The minimum atomic E-state index is 0.935. The second-order valence-corrected chi connectivity index (χ2v) is 5.05. The molecule has 0 radical (unpaired) electrons. The molecule has 0 spiro atoms. The fourth-order valence-electron chi connectivity index (χ4n) is 2.66. The second kappa shape index (κ2) is 4.87. The Morgan fingerprint density at radius 1 is 0.714 bits per heavy atom. The van der Waals surface area contributed by atoms with Crippen LogP contribution in [0, 0.1) is 0 Å². The van der Waals surface area contributed by atoms with Gasteiger partial charge in [-0.3, -0.25) is 10.9 Å². The Balaban J connectivity index is 1.64. The third-order valence-electron chi connectivity index (χ3n) is 3.62. The van der Waals surface area contributed by atoms with Gasteiger partial charge in [-0.15, -0.1) is 0 Å². The molecule has 102 valence electrons. The SMILES string of the molecule is C1=C(NNc2ccccc2)Nc2cccc3cccc1c23. The van der Waals surface area contributed by atoms with E-state index >= 15 is 0 Å². The molecule has 3 nitrogen and oxygen atoms in total. The highest BCUT2D eigenvalue weighted by atomic mass is 15.4. The summed E-state index contributed by atoms with van der Waals surface area (Å²) in [6.45, 7) is 0. The Hall–Kier alpha value is -2.94. The van der Waals surface area contributed by atoms with Gasteiger partial charge >= 0.3 is 0 Å². The number of benzene rings is 3. The van der Waals surface area contributed by atoms with E-state index in [1.165, 1.54) is 16.3 Å². The van der Waals surface area contributed by atoms with Gasteiger partial charge in [-0.25, -0.2) is 0 Å². The summed E-state index contributed by atoms with van der Waals surface area (Å²) in [5, 5.41) is 5.94. The van der Waals surface area contributed by atoms with Crippen molar-refractivity contribution in [1.82, 2.24) is 5.43 Å². The van der Waals surface area contributed by atoms with Crippen LogP contribution in [0.5, 0.6) is 0 Å². The van der Waals surface area contributed by atoms with Gasteiger partial charge in [0.1, 0.15) is 5.82 Å². The van der Waals surface area contributed by atoms with Crippen LogP contribution in [0.25, 0.3) is 16.8 Å². The average Bonchev–Trinajstić information content (AvgIpc) is 2.54. The van der Waals surface area contributed by atoms with Gasteiger partial charge in [0.2, 0.25) is 0 Å². The number of rotatable bonds is 3. The van der Waals surface area contributed by atoms with Crippen LogP contribution in [0.4, 0.5) is 11.4 Å². The molecule has 1 aliphatic heterocycles. The molecule has 3 aromatic carbocycles. The van der Waals surface area contributed by atoms with Crippen LogP contribution in [-0.4, -0.2) is 0 Å². The Labute approximate surface area is 123 Å². The van der Waals surface area contributed by atoms with E-state index in [1.54, 1.807) is 0 Å². The van der Waals surface area contributed by atoms with Gasteiger partial charge in [0.05, 0.1) is 5.69 Å². The molecule has 0 aromatic heterocycles. The van der Waals surface area contributed by atoms with Gasteiger partial charge in [-0.05, 0) is 35.2 Å². The van der Waals surface area contributed by atoms with Gasteiger partial charge in [0, 0.05) is 11.1 Å². The Morgan fingerprint density at radius 3 is 2.38 bits per heavy atom. The molecule has 1 heterocycles. The second-order valence-electron chi connectivity index (χ2n) is 5.05. The van der Waals surface area contributed by atoms with Gasteiger partial charge < -0.3 is 5.32 Å². The van der Waals surface area contributed by atoms with E-state index in [0.29, 0.717) is 0 Å². The minimum absolute atomic E-state index is 0.935. The van der Waals surface area contributed by atoms with Crippen molar-refractivity contribution in [3.8, 4) is 0 Å². The smallest absolute Gasteiger partial charge is 0.123 e. The van der Waals surface area contributed by atoms with Gasteiger partial charge in [0.25, 0.3) is 0 Å². The van der Waals surface area contributed by atoms with E-state index in [4.69, 9.17) is 0 Å². The lowest BCUT2D eigenvalue weighted by molar-refractivity contribution is 0.976. The zero-order chi connectivity index (χ0) is 14.1. The number of anilines is 2. The molecule has 3 heteroatoms. The molecule has 0 saturated heterocycles. The molecule has 0 bridgehead atoms. The van der Waals surface area contributed by atoms with Crippen molar-refractivity contribution in [2.24, 2.45) is 0 Å². The predicted molar refractivity (Wildman–Crippen MR) is 88.7 cm³/mol. The summed E-state index contributed by atoms with van der Waals surface area (Å²) >= 11 is 0. The van der Waals surface area contributed by atoms with E-state index in [9.17, 15) is 0 Å². The van der Waals surface area contributed by atoms with E-state index in [-0.39, 0.29) is 0 Å². The third kappa shape index (κ3) is 2.19. The van der Waals surface area contributed by atoms with Gasteiger partial charge in [-0.2, -0.15) is 0 Å². The normalized spacial score (nSPS) is 12.5. The first kappa shape index (κ1) is 11.9. The predicted octanol–water partition coefficient (Wildman–Crippen LogP) is 4.18. The maximum Gasteiger partial charge on any atom is 0.123 e. The summed E-state index contributed by atoms with van der Waals surface area (Å²) in [5.41, 5.74) is 9.79. The van der Waals surface area contributed by atoms with Crippen LogP contribution in [0.2, 0.25) is 0 Å². The van der Waals surface area contributed by atoms with Crippen LogP contribution in [0.3, 0.4) is 0 Å². The first-order valence-corrected chi connectivity index (χ1v) is 6.98. The zero-order valence-electron chi connectivity index (χ0n) is 11.4. The molecule has 1 aliphatic rings. The summed E-state index contributed by atoms with van der Waals surface area (Å²) in [7, 11) is 0. The quantitative estimate of drug-likeness (QED) is 0.626. The number of para-hydroxylation sites is 1. The lowest BCUT2D eigenvalue weighted by atomic mass is 10.0. The lowest BCUT2D eigenvalue weighted by Crippen LogP contribution is -2.26. The molecule has 3 aromatic rings. The summed E-state index contributed by atoms with van der Waals surface area (Å²) in [4.78, 5) is 0. The molecule has 0 fully saturated rings. The van der Waals surface area contributed by atoms with E-state index in [2.05, 4.69) is 58.6 Å². The molecule has 3 N–H and O–H groups in total. The fraction of sp³-hybridized carbons (Fsp3) is 0. The highest BCUT2D eigenvalue weighted by Gasteiger charge is 2.11. The topological polar surface area (TPSA) is 36.1 Å². The van der Waals surface area contributed by atoms with E-state index in [1.807, 2.05) is 30.3 Å². The molecule has 21 heavy (non-hydrogen) atoms. The average molecular weight is 273 g/mol. The van der Waals surface area contributed by atoms with Crippen LogP contribution >= 0.6 is 0 Å². The monoisotopic (exact) mass is 273 g/mol. The first-order valence-electron chi connectivity index (χ1n) is 6.98. The molecular formula is C18H15N3. The zero-order valence-corrected chi connectivity index (χ0v) is 11.4. The minimum Gasteiger partial charge on any atom is -0.340 e.